The lowest BCUT2D eigenvalue weighted by molar-refractivity contribution is 0.264. The number of ether oxygens (including phenoxy) is 1. The molecule has 96 valence electrons. The summed E-state index contributed by atoms with van der Waals surface area (Å²) in [5, 5.41) is 1.11. The Balaban J connectivity index is 2.73. The second-order valence-electron chi connectivity index (χ2n) is 4.58. The molecule has 0 aliphatic carbocycles. The molecule has 4 heteroatoms. The first-order valence-corrected chi connectivity index (χ1v) is 8.17. The van der Waals surface area contributed by atoms with Gasteiger partial charge in [0.15, 0.2) is 0 Å². The van der Waals surface area contributed by atoms with Crippen LogP contribution in [0.1, 0.15) is 13.8 Å². The van der Waals surface area contributed by atoms with Crippen molar-refractivity contribution in [2.24, 2.45) is 5.92 Å². The first-order chi connectivity index (χ1) is 8.01. The van der Waals surface area contributed by atoms with Crippen LogP contribution in [0.2, 0.25) is 6.55 Å². The molecule has 0 atom stereocenters. The van der Waals surface area contributed by atoms with Crippen LogP contribution in [0.25, 0.3) is 0 Å². The van der Waals surface area contributed by atoms with Gasteiger partial charge >= 0.3 is 8.56 Å². The van der Waals surface area contributed by atoms with E-state index in [9.17, 15) is 0 Å². The van der Waals surface area contributed by atoms with Gasteiger partial charge in [-0.05, 0) is 29.8 Å². The maximum atomic E-state index is 5.64. The average Bonchev–Trinajstić information content (AvgIpc) is 2.36. The number of hydrogen-bond donors (Lipinski definition) is 0. The topological polar surface area (TPSA) is 27.7 Å². The first-order valence-electron chi connectivity index (χ1n) is 5.85. The summed E-state index contributed by atoms with van der Waals surface area (Å²) in [6, 6.07) is 7.99. The second kappa shape index (κ2) is 6.19. The molecule has 0 amide bonds. The summed E-state index contributed by atoms with van der Waals surface area (Å²) < 4.78 is 16.6. The summed E-state index contributed by atoms with van der Waals surface area (Å²) in [5.74, 6) is 1.43. The van der Waals surface area contributed by atoms with Crippen LogP contribution < -0.4 is 9.92 Å². The van der Waals surface area contributed by atoms with Crippen LogP contribution in [0.5, 0.6) is 5.75 Å². The van der Waals surface area contributed by atoms with Gasteiger partial charge in [0, 0.05) is 14.2 Å². The van der Waals surface area contributed by atoms with Gasteiger partial charge < -0.3 is 13.6 Å². The Bertz CT molecular complexity index is 331. The summed E-state index contributed by atoms with van der Waals surface area (Å²) in [5.41, 5.74) is 0. The van der Waals surface area contributed by atoms with Crippen LogP contribution in [0.4, 0.5) is 0 Å². The number of benzene rings is 1. The quantitative estimate of drug-likeness (QED) is 0.729. The van der Waals surface area contributed by atoms with Gasteiger partial charge in [0.2, 0.25) is 0 Å². The highest BCUT2D eigenvalue weighted by Gasteiger charge is 2.31. The van der Waals surface area contributed by atoms with Gasteiger partial charge in [-0.2, -0.15) is 0 Å². The van der Waals surface area contributed by atoms with Crippen molar-refractivity contribution in [2.75, 3.05) is 20.8 Å². The van der Waals surface area contributed by atoms with Crippen LogP contribution in [0, 0.1) is 5.92 Å². The SMILES string of the molecule is CO[Si](C)(OC)c1ccc(OCC(C)C)cc1. The maximum Gasteiger partial charge on any atom is 0.368 e. The molecule has 1 aromatic rings. The molecular weight excluding hydrogens is 232 g/mol. The van der Waals surface area contributed by atoms with Gasteiger partial charge in [-0.1, -0.05) is 26.0 Å². The maximum absolute atomic E-state index is 5.64. The molecule has 17 heavy (non-hydrogen) atoms. The predicted molar refractivity (Wildman–Crippen MR) is 72.0 cm³/mol. The highest BCUT2D eigenvalue weighted by Crippen LogP contribution is 2.12. The van der Waals surface area contributed by atoms with Crippen molar-refractivity contribution >= 4 is 13.7 Å². The zero-order valence-corrected chi connectivity index (χ0v) is 12.3. The molecule has 0 fully saturated rings. The van der Waals surface area contributed by atoms with E-state index < -0.39 is 8.56 Å². The van der Waals surface area contributed by atoms with E-state index >= 15 is 0 Å². The van der Waals surface area contributed by atoms with Crippen molar-refractivity contribution in [3.8, 4) is 5.75 Å². The van der Waals surface area contributed by atoms with Crippen molar-refractivity contribution in [3.05, 3.63) is 24.3 Å². The average molecular weight is 254 g/mol. The molecule has 0 saturated heterocycles. The minimum atomic E-state index is -2.20. The van der Waals surface area contributed by atoms with E-state index in [4.69, 9.17) is 13.6 Å². The molecule has 0 aliphatic rings. The van der Waals surface area contributed by atoms with Gasteiger partial charge in [-0.3, -0.25) is 0 Å². The van der Waals surface area contributed by atoms with Crippen LogP contribution >= 0.6 is 0 Å². The van der Waals surface area contributed by atoms with E-state index in [2.05, 4.69) is 13.8 Å². The smallest absolute Gasteiger partial charge is 0.368 e. The van der Waals surface area contributed by atoms with Gasteiger partial charge in [0.1, 0.15) is 5.75 Å². The van der Waals surface area contributed by atoms with Crippen LogP contribution in [0.3, 0.4) is 0 Å². The molecule has 0 radical (unpaired) electrons. The zero-order valence-electron chi connectivity index (χ0n) is 11.3. The minimum absolute atomic E-state index is 0.535. The Morgan fingerprint density at radius 1 is 1.06 bits per heavy atom. The van der Waals surface area contributed by atoms with Gasteiger partial charge in [0.05, 0.1) is 6.61 Å². The lowest BCUT2D eigenvalue weighted by Gasteiger charge is -2.23. The summed E-state index contributed by atoms with van der Waals surface area (Å²) in [6.07, 6.45) is 0. The fraction of sp³-hybridized carbons (Fsp3) is 0.538. The van der Waals surface area contributed by atoms with Gasteiger partial charge in [-0.15, -0.1) is 0 Å². The Morgan fingerprint density at radius 3 is 2.00 bits per heavy atom. The molecule has 1 aromatic carbocycles. The Labute approximate surface area is 105 Å². The molecule has 0 bridgehead atoms. The zero-order chi connectivity index (χ0) is 12.9. The molecule has 0 aliphatic heterocycles. The van der Waals surface area contributed by atoms with Crippen molar-refractivity contribution in [2.45, 2.75) is 20.4 Å². The monoisotopic (exact) mass is 254 g/mol. The van der Waals surface area contributed by atoms with Crippen molar-refractivity contribution < 1.29 is 13.6 Å². The Morgan fingerprint density at radius 2 is 1.59 bits per heavy atom. The van der Waals surface area contributed by atoms with Crippen LogP contribution in [-0.2, 0) is 8.85 Å². The summed E-state index contributed by atoms with van der Waals surface area (Å²) >= 11 is 0. The standard InChI is InChI=1S/C13H22O3Si/c1-11(2)10-16-12-6-8-13(9-7-12)17(5,14-3)15-4/h6-9,11H,10H2,1-5H3. The van der Waals surface area contributed by atoms with E-state index in [1.54, 1.807) is 14.2 Å². The Hall–Kier alpha value is -0.843. The first kappa shape index (κ1) is 14.2. The van der Waals surface area contributed by atoms with Crippen LogP contribution in [0.15, 0.2) is 24.3 Å². The largest absolute Gasteiger partial charge is 0.493 e. The van der Waals surface area contributed by atoms with Crippen molar-refractivity contribution in [1.82, 2.24) is 0 Å². The summed E-state index contributed by atoms with van der Waals surface area (Å²) in [4.78, 5) is 0. The van der Waals surface area contributed by atoms with Gasteiger partial charge in [-0.25, -0.2) is 0 Å². The third-order valence-electron chi connectivity index (χ3n) is 2.74. The molecular formula is C13H22O3Si. The molecule has 0 aromatic heterocycles. The van der Waals surface area contributed by atoms with Crippen molar-refractivity contribution in [3.63, 3.8) is 0 Å². The Kier molecular flexibility index (Phi) is 5.18. The predicted octanol–water partition coefficient (Wildman–Crippen LogP) is 2.29. The fourth-order valence-corrected chi connectivity index (χ4v) is 2.85. The molecule has 0 N–H and O–H groups in total. The molecule has 3 nitrogen and oxygen atoms in total. The van der Waals surface area contributed by atoms with E-state index in [0.29, 0.717) is 5.92 Å². The van der Waals surface area contributed by atoms with E-state index in [1.807, 2.05) is 30.8 Å². The molecule has 0 spiro atoms. The van der Waals surface area contributed by atoms with Crippen molar-refractivity contribution in [1.29, 1.82) is 0 Å². The third-order valence-corrected chi connectivity index (χ3v) is 5.68. The lowest BCUT2D eigenvalue weighted by atomic mass is 10.2. The summed E-state index contributed by atoms with van der Waals surface area (Å²) in [7, 11) is 1.19. The normalized spacial score (nSPS) is 11.9. The summed E-state index contributed by atoms with van der Waals surface area (Å²) in [6.45, 7) is 7.03. The third kappa shape index (κ3) is 3.83. The second-order valence-corrected chi connectivity index (χ2v) is 7.87. The number of rotatable bonds is 6. The molecule has 1 rings (SSSR count). The van der Waals surface area contributed by atoms with Crippen LogP contribution in [-0.4, -0.2) is 29.4 Å². The lowest BCUT2D eigenvalue weighted by Crippen LogP contribution is -2.49. The molecule has 0 unspecified atom stereocenters. The van der Waals surface area contributed by atoms with Gasteiger partial charge in [0.25, 0.3) is 0 Å². The molecule has 0 saturated carbocycles. The van der Waals surface area contributed by atoms with E-state index in [1.165, 1.54) is 0 Å². The van der Waals surface area contributed by atoms with E-state index in [0.717, 1.165) is 17.5 Å². The number of hydrogen-bond acceptors (Lipinski definition) is 3. The highest BCUT2D eigenvalue weighted by molar-refractivity contribution is 6.79. The fourth-order valence-electron chi connectivity index (χ4n) is 1.44. The minimum Gasteiger partial charge on any atom is -0.493 e. The molecule has 0 heterocycles. The highest BCUT2D eigenvalue weighted by atomic mass is 28.4. The van der Waals surface area contributed by atoms with E-state index in [-0.39, 0.29) is 0 Å².